The van der Waals surface area contributed by atoms with E-state index in [0.717, 1.165) is 36.2 Å². The molecular weight excluding hydrogens is 370 g/mol. The number of piperidine rings is 1. The molecule has 1 amide bonds. The predicted molar refractivity (Wildman–Crippen MR) is 120 cm³/mol. The van der Waals surface area contributed by atoms with E-state index >= 15 is 0 Å². The highest BCUT2D eigenvalue weighted by Gasteiger charge is 2.59. The normalized spacial score (nSPS) is 40.3. The average molecular weight is 408 g/mol. The number of carbonyl (C=O) groups excluding carboxylic acids is 1. The summed E-state index contributed by atoms with van der Waals surface area (Å²) in [6.07, 6.45) is 15.9. The highest BCUT2D eigenvalue weighted by molar-refractivity contribution is 5.74. The number of hydrogen-bond donors (Lipinski definition) is 0. The largest absolute Gasteiger partial charge is 0.339 e. The quantitative estimate of drug-likeness (QED) is 0.669. The lowest BCUT2D eigenvalue weighted by Crippen LogP contribution is -2.61. The molecule has 0 aromatic carbocycles. The summed E-state index contributed by atoms with van der Waals surface area (Å²) in [5.74, 6) is 2.51. The zero-order chi connectivity index (χ0) is 21.1. The van der Waals surface area contributed by atoms with Crippen molar-refractivity contribution in [1.29, 1.82) is 0 Å². The van der Waals surface area contributed by atoms with E-state index in [1.807, 2.05) is 12.4 Å². The number of amides is 1. The van der Waals surface area contributed by atoms with Gasteiger partial charge in [0.15, 0.2) is 0 Å². The van der Waals surface area contributed by atoms with E-state index in [9.17, 15) is 4.79 Å². The molecule has 0 N–H and O–H groups in total. The van der Waals surface area contributed by atoms with E-state index in [-0.39, 0.29) is 11.3 Å². The van der Waals surface area contributed by atoms with Gasteiger partial charge in [-0.25, -0.2) is 4.98 Å². The third-order valence-corrected chi connectivity index (χ3v) is 9.62. The van der Waals surface area contributed by atoms with Crippen molar-refractivity contribution >= 4 is 11.5 Å². The minimum absolute atomic E-state index is 0.223. The van der Waals surface area contributed by atoms with Crippen LogP contribution in [-0.2, 0) is 11.2 Å². The fraction of sp³-hybridized carbons (Fsp3) is 0.731. The smallest absolute Gasteiger partial charge is 0.219 e. The van der Waals surface area contributed by atoms with Crippen molar-refractivity contribution in [3.8, 4) is 0 Å². The van der Waals surface area contributed by atoms with Gasteiger partial charge in [-0.2, -0.15) is 0 Å². The Balaban J connectivity index is 1.44. The molecule has 4 nitrogen and oxygen atoms in total. The Morgan fingerprint density at radius 2 is 2.00 bits per heavy atom. The van der Waals surface area contributed by atoms with Crippen molar-refractivity contribution in [2.45, 2.75) is 85.1 Å². The Morgan fingerprint density at radius 3 is 2.77 bits per heavy atom. The summed E-state index contributed by atoms with van der Waals surface area (Å²) in [6.45, 7) is 9.91. The molecule has 2 heterocycles. The monoisotopic (exact) mass is 407 g/mol. The minimum atomic E-state index is 0.223. The maximum atomic E-state index is 12.3. The van der Waals surface area contributed by atoms with Gasteiger partial charge >= 0.3 is 0 Å². The summed E-state index contributed by atoms with van der Waals surface area (Å²) >= 11 is 0. The molecular formula is C26H37N3O. The molecule has 6 atom stereocenters. The van der Waals surface area contributed by atoms with Crippen LogP contribution in [0.25, 0.3) is 5.57 Å². The number of aryl methyl sites for hydroxylation is 1. The van der Waals surface area contributed by atoms with Gasteiger partial charge < -0.3 is 4.90 Å². The second kappa shape index (κ2) is 7.17. The van der Waals surface area contributed by atoms with Gasteiger partial charge in [0.1, 0.15) is 0 Å². The van der Waals surface area contributed by atoms with Crippen LogP contribution in [0.2, 0.25) is 0 Å². The van der Waals surface area contributed by atoms with E-state index in [1.54, 1.807) is 6.92 Å². The van der Waals surface area contributed by atoms with Gasteiger partial charge in [0, 0.05) is 25.7 Å². The first-order valence-corrected chi connectivity index (χ1v) is 12.2. The third kappa shape index (κ3) is 2.81. The maximum absolute atomic E-state index is 12.3. The number of allylic oxidation sites excluding steroid dienone is 2. The Morgan fingerprint density at radius 1 is 1.17 bits per heavy atom. The first-order chi connectivity index (χ1) is 14.4. The second-order valence-electron chi connectivity index (χ2n) is 10.9. The average Bonchev–Trinajstić information content (AvgIpc) is 3.10. The zero-order valence-corrected chi connectivity index (χ0v) is 19.2. The summed E-state index contributed by atoms with van der Waals surface area (Å²) in [6, 6.07) is 0.454. The van der Waals surface area contributed by atoms with Gasteiger partial charge in [-0.15, -0.1) is 0 Å². The molecule has 0 radical (unpaired) electrons. The van der Waals surface area contributed by atoms with Crippen LogP contribution in [-0.4, -0.2) is 33.4 Å². The molecule has 4 heteroatoms. The predicted octanol–water partition coefficient (Wildman–Crippen LogP) is 5.29. The van der Waals surface area contributed by atoms with E-state index in [2.05, 4.69) is 36.7 Å². The fourth-order valence-electron chi connectivity index (χ4n) is 8.13. The van der Waals surface area contributed by atoms with Crippen LogP contribution in [0.15, 0.2) is 18.5 Å². The number of aromatic nitrogens is 2. The van der Waals surface area contributed by atoms with Crippen molar-refractivity contribution in [2.24, 2.45) is 28.6 Å². The van der Waals surface area contributed by atoms with Gasteiger partial charge in [-0.1, -0.05) is 26.8 Å². The van der Waals surface area contributed by atoms with Crippen molar-refractivity contribution in [3.05, 3.63) is 29.9 Å². The first kappa shape index (κ1) is 20.2. The van der Waals surface area contributed by atoms with Gasteiger partial charge in [0.2, 0.25) is 5.91 Å². The number of rotatable bonds is 2. The number of fused-ring (bicyclic) bond motifs is 5. The zero-order valence-electron chi connectivity index (χ0n) is 19.2. The Hall–Kier alpha value is -1.71. The maximum Gasteiger partial charge on any atom is 0.219 e. The van der Waals surface area contributed by atoms with Crippen LogP contribution in [0.1, 0.15) is 84.0 Å². The molecule has 3 fully saturated rings. The van der Waals surface area contributed by atoms with E-state index in [1.165, 1.54) is 50.5 Å². The summed E-state index contributed by atoms with van der Waals surface area (Å²) in [5.41, 5.74) is 4.17. The highest BCUT2D eigenvalue weighted by Crippen LogP contribution is 2.66. The van der Waals surface area contributed by atoms with Crippen LogP contribution in [0.5, 0.6) is 0 Å². The summed E-state index contributed by atoms with van der Waals surface area (Å²) in [4.78, 5) is 24.0. The Labute approximate surface area is 181 Å². The fourth-order valence-corrected chi connectivity index (χ4v) is 8.13. The van der Waals surface area contributed by atoms with Crippen molar-refractivity contribution in [3.63, 3.8) is 0 Å². The lowest BCUT2D eigenvalue weighted by Gasteiger charge is -2.62. The van der Waals surface area contributed by atoms with Crippen LogP contribution in [0.3, 0.4) is 0 Å². The van der Waals surface area contributed by atoms with Crippen LogP contribution < -0.4 is 0 Å². The number of nitrogens with zero attached hydrogens (tertiary/aromatic N) is 3. The molecule has 4 aliphatic rings. The third-order valence-electron chi connectivity index (χ3n) is 9.62. The molecule has 2 saturated carbocycles. The van der Waals surface area contributed by atoms with Crippen molar-refractivity contribution < 1.29 is 4.79 Å². The molecule has 1 aromatic rings. The van der Waals surface area contributed by atoms with E-state index < -0.39 is 0 Å². The van der Waals surface area contributed by atoms with Gasteiger partial charge in [-0.3, -0.25) is 9.78 Å². The van der Waals surface area contributed by atoms with Gasteiger partial charge in [0.05, 0.1) is 17.6 Å². The molecule has 5 rings (SSSR count). The van der Waals surface area contributed by atoms with Crippen molar-refractivity contribution in [2.75, 3.05) is 6.54 Å². The topological polar surface area (TPSA) is 46.1 Å². The standard InChI is InChI=1S/C26H37N3O/c1-5-18-15-27-16-23(28-18)22-9-8-20-19-7-10-24-26(4,12-6-14-29(24)17(2)30)21(19)11-13-25(20,22)3/h9,15-16,19-21,24H,5-8,10-14H2,1-4H3/t19-,20-,21-,24?,25-,26+/m0/s1. The van der Waals surface area contributed by atoms with E-state index in [0.29, 0.717) is 17.4 Å². The van der Waals surface area contributed by atoms with E-state index in [4.69, 9.17) is 4.98 Å². The molecule has 30 heavy (non-hydrogen) atoms. The molecule has 1 unspecified atom stereocenters. The Kier molecular flexibility index (Phi) is 4.83. The number of hydrogen-bond acceptors (Lipinski definition) is 3. The van der Waals surface area contributed by atoms with Crippen LogP contribution in [0.4, 0.5) is 0 Å². The highest BCUT2D eigenvalue weighted by atomic mass is 16.2. The summed E-state index contributed by atoms with van der Waals surface area (Å²) in [5, 5.41) is 0. The van der Waals surface area contributed by atoms with Crippen molar-refractivity contribution in [1.82, 2.24) is 14.9 Å². The van der Waals surface area contributed by atoms with Gasteiger partial charge in [0.25, 0.3) is 0 Å². The molecule has 1 saturated heterocycles. The van der Waals surface area contributed by atoms with Gasteiger partial charge in [-0.05, 0) is 85.5 Å². The van der Waals surface area contributed by atoms with Crippen LogP contribution >= 0.6 is 0 Å². The number of likely N-dealkylation sites (tertiary alicyclic amines) is 1. The summed E-state index contributed by atoms with van der Waals surface area (Å²) < 4.78 is 0. The SMILES string of the molecule is CCc1cncc(C2=CC[C@H]3[C@@H]4CCC5N(C(C)=O)CCC[C@]5(C)[C@H]4CC[C@]23C)n1. The molecule has 0 bridgehead atoms. The second-order valence-corrected chi connectivity index (χ2v) is 10.9. The molecule has 1 aliphatic heterocycles. The minimum Gasteiger partial charge on any atom is -0.339 e. The summed E-state index contributed by atoms with van der Waals surface area (Å²) in [7, 11) is 0. The number of carbonyl (C=O) groups is 1. The molecule has 162 valence electrons. The lowest BCUT2D eigenvalue weighted by atomic mass is 9.47. The molecule has 0 spiro atoms. The molecule has 3 aliphatic carbocycles. The first-order valence-electron chi connectivity index (χ1n) is 12.2. The molecule has 1 aromatic heterocycles. The Bertz CT molecular complexity index is 879. The van der Waals surface area contributed by atoms with Crippen LogP contribution in [0, 0.1) is 28.6 Å². The lowest BCUT2D eigenvalue weighted by molar-refractivity contribution is -0.151.